The van der Waals surface area contributed by atoms with E-state index in [1.807, 2.05) is 25.2 Å². The van der Waals surface area contributed by atoms with E-state index in [1.54, 1.807) is 0 Å². The SMILES string of the molecule is C/C=C\C=C/c1ccc(-c2c(CC)cc(CC)cc2CC)c2c1-c1c(c(-c3c(CC)cc(CC)cc3CC)cc3ccccc13)OP(=O)(NP1(=O)Oc3c(-c4c(CC)cc(CC)cc4CC)cc4ccccc4c3-c3c(c(-c4c(CC)cc(CC)cc4CC)cc4ccccc34)O1)O2. The number of nitrogens with one attached hydrogen (secondary N) is 1. The molecule has 2 aliphatic rings. The van der Waals surface area contributed by atoms with Gasteiger partial charge < -0.3 is 18.1 Å². The number of rotatable bonds is 20. The molecule has 0 radical (unpaired) electrons. The standard InChI is InChI=1S/C89H93NO6P2/c1-14-27-28-35-67-42-43-74(78-59(19-6)44-55(15-2)45-60(78)20-7)86-82(67)83-71-39-32-29-36-68(71)52-75(79-61(21-8)46-56(16-3)47-62(79)22-9)87(83)94-97(91,93-86)90-98(92)95-88-76(80-63(23-10)48-57(17-4)49-64(80)24-11)53-69-37-30-33-40-72(69)84(88)85-73-41-34-31-38-70(73)54-77(89(85)96-98)81-65(25-12)50-58(18-5)51-66(81)26-13/h14,27-54H,15-26H2,1-13H3,(H,90,91,92)/b27-14-,35-28-. The van der Waals surface area contributed by atoms with E-state index in [4.69, 9.17) is 18.1 Å². The Hall–Kier alpha value is -8.70. The summed E-state index contributed by atoms with van der Waals surface area (Å²) in [4.78, 5) is 3.28. The zero-order valence-electron chi connectivity index (χ0n) is 59.6. The minimum absolute atomic E-state index is 0.332. The van der Waals surface area contributed by atoms with Gasteiger partial charge in [-0.1, -0.05) is 240 Å². The van der Waals surface area contributed by atoms with Gasteiger partial charge in [-0.2, -0.15) is 0 Å². The zero-order chi connectivity index (χ0) is 68.7. The normalized spacial score (nSPS) is 14.7. The Bertz CT molecular complexity index is 4890. The summed E-state index contributed by atoms with van der Waals surface area (Å²) in [5.41, 5.74) is 24.8. The van der Waals surface area contributed by atoms with E-state index in [2.05, 4.69) is 246 Å². The summed E-state index contributed by atoms with van der Waals surface area (Å²) in [6.07, 6.45) is 17.4. The van der Waals surface area contributed by atoms with Gasteiger partial charge in [-0.15, -0.1) is 0 Å². The van der Waals surface area contributed by atoms with Gasteiger partial charge in [-0.3, -0.25) is 0 Å². The second kappa shape index (κ2) is 28.3. The second-order valence-corrected chi connectivity index (χ2v) is 29.7. The summed E-state index contributed by atoms with van der Waals surface area (Å²) in [5, 5.41) is 5.58. The maximum absolute atomic E-state index is 18.2. The van der Waals surface area contributed by atoms with E-state index >= 15 is 9.13 Å². The van der Waals surface area contributed by atoms with Gasteiger partial charge in [-0.25, -0.2) is 9.13 Å². The molecule has 13 rings (SSSR count). The summed E-state index contributed by atoms with van der Waals surface area (Å²) >= 11 is 0. The number of hydrogen-bond acceptors (Lipinski definition) is 6. The van der Waals surface area contributed by atoms with Gasteiger partial charge in [0.2, 0.25) is 0 Å². The molecule has 11 aromatic rings. The van der Waals surface area contributed by atoms with Crippen LogP contribution in [0.15, 0.2) is 170 Å². The van der Waals surface area contributed by atoms with Crippen LogP contribution in [0.2, 0.25) is 0 Å². The minimum atomic E-state index is -5.20. The predicted octanol–water partition coefficient (Wildman–Crippen LogP) is 25.5. The number of benzene rings is 11. The second-order valence-electron chi connectivity index (χ2n) is 26.2. The van der Waals surface area contributed by atoms with Crippen molar-refractivity contribution in [2.45, 2.75) is 167 Å². The maximum atomic E-state index is 18.2. The highest BCUT2D eigenvalue weighted by Gasteiger charge is 2.50. The molecule has 0 aromatic heterocycles. The highest BCUT2D eigenvalue weighted by molar-refractivity contribution is 7.68. The van der Waals surface area contributed by atoms with E-state index in [0.29, 0.717) is 34.1 Å². The smallest absolute Gasteiger partial charge is 0.403 e. The number of fused-ring (bicyclic) bond motifs is 12. The molecule has 1 atom stereocenters. The molecule has 0 aliphatic carbocycles. The van der Waals surface area contributed by atoms with Crippen LogP contribution in [0, 0.1) is 0 Å². The first-order valence-corrected chi connectivity index (χ1v) is 39.3. The van der Waals surface area contributed by atoms with Crippen molar-refractivity contribution < 1.29 is 27.2 Å². The van der Waals surface area contributed by atoms with Crippen LogP contribution in [0.4, 0.5) is 0 Å². The van der Waals surface area contributed by atoms with Crippen LogP contribution in [0.3, 0.4) is 0 Å². The molecule has 0 saturated heterocycles. The predicted molar refractivity (Wildman–Crippen MR) is 415 cm³/mol. The fourth-order valence-corrected chi connectivity index (χ4v) is 19.3. The van der Waals surface area contributed by atoms with Crippen molar-refractivity contribution in [3.8, 4) is 89.8 Å². The molecule has 0 saturated carbocycles. The first kappa shape index (κ1) is 67.9. The lowest BCUT2D eigenvalue weighted by atomic mass is 9.82. The van der Waals surface area contributed by atoms with Crippen LogP contribution >= 0.6 is 15.5 Å². The molecule has 0 amide bonds. The van der Waals surface area contributed by atoms with Gasteiger partial charge in [0.05, 0.1) is 0 Å². The van der Waals surface area contributed by atoms with Crippen molar-refractivity contribution >= 4 is 53.9 Å². The number of aryl methyl sites for hydroxylation is 12. The maximum Gasteiger partial charge on any atom is 0.524 e. The van der Waals surface area contributed by atoms with E-state index in [0.717, 1.165) is 215 Å². The van der Waals surface area contributed by atoms with Gasteiger partial charge in [0.1, 0.15) is 23.0 Å². The van der Waals surface area contributed by atoms with Crippen LogP contribution in [-0.2, 0) is 86.2 Å². The van der Waals surface area contributed by atoms with Crippen LogP contribution in [0.5, 0.6) is 23.0 Å². The van der Waals surface area contributed by atoms with Crippen molar-refractivity contribution in [1.82, 2.24) is 4.86 Å². The summed E-state index contributed by atoms with van der Waals surface area (Å²) in [6, 6.07) is 54.7. The van der Waals surface area contributed by atoms with Crippen molar-refractivity contribution in [2.75, 3.05) is 0 Å². The molecular weight excluding hydrogens is 1240 g/mol. The Kier molecular flexibility index (Phi) is 19.6. The van der Waals surface area contributed by atoms with Crippen molar-refractivity contribution in [3.63, 3.8) is 0 Å². The molecule has 1 unspecified atom stereocenters. The fraction of sp³-hybridized carbons (Fsp3) is 0.281. The molecule has 9 heteroatoms. The van der Waals surface area contributed by atoms with E-state index in [9.17, 15) is 0 Å². The quantitative estimate of drug-likeness (QED) is 0.0601. The number of hydrogen-bond donors (Lipinski definition) is 1. The Morgan fingerprint density at radius 2 is 0.582 bits per heavy atom. The van der Waals surface area contributed by atoms with Gasteiger partial charge >= 0.3 is 15.5 Å². The first-order valence-electron chi connectivity index (χ1n) is 36.2. The summed E-state index contributed by atoms with van der Waals surface area (Å²) in [7, 11) is -10.4. The third kappa shape index (κ3) is 12.0. The van der Waals surface area contributed by atoms with E-state index in [1.165, 1.54) is 22.3 Å². The molecule has 0 bridgehead atoms. The fourth-order valence-electron chi connectivity index (χ4n) is 15.7. The summed E-state index contributed by atoms with van der Waals surface area (Å²) < 4.78 is 67.3. The van der Waals surface area contributed by atoms with Crippen molar-refractivity contribution in [2.24, 2.45) is 0 Å². The monoisotopic (exact) mass is 1330 g/mol. The van der Waals surface area contributed by atoms with E-state index < -0.39 is 15.5 Å². The average molecular weight is 1330 g/mol. The molecule has 2 heterocycles. The lowest BCUT2D eigenvalue weighted by molar-refractivity contribution is 0.359. The molecule has 0 fully saturated rings. The van der Waals surface area contributed by atoms with Crippen LogP contribution < -0.4 is 23.0 Å². The first-order chi connectivity index (χ1) is 47.7. The topological polar surface area (TPSA) is 83.1 Å². The highest BCUT2D eigenvalue weighted by atomic mass is 31.3. The minimum Gasteiger partial charge on any atom is -0.403 e. The van der Waals surface area contributed by atoms with Gasteiger partial charge in [0.15, 0.2) is 0 Å². The lowest BCUT2D eigenvalue weighted by Crippen LogP contribution is -2.22. The van der Waals surface area contributed by atoms with E-state index in [-0.39, 0.29) is 0 Å². The summed E-state index contributed by atoms with van der Waals surface area (Å²) in [6.45, 7) is 28.4. The molecule has 500 valence electrons. The molecule has 11 aromatic carbocycles. The molecular formula is C89H93NO6P2. The highest BCUT2D eigenvalue weighted by Crippen LogP contribution is 2.69. The zero-order valence-corrected chi connectivity index (χ0v) is 61.4. The van der Waals surface area contributed by atoms with Crippen LogP contribution in [-0.4, -0.2) is 0 Å². The van der Waals surface area contributed by atoms with Gasteiger partial charge in [0.25, 0.3) is 0 Å². The third-order valence-electron chi connectivity index (χ3n) is 20.6. The molecule has 2 aliphatic heterocycles. The van der Waals surface area contributed by atoms with Gasteiger partial charge in [0, 0.05) is 44.5 Å². The number of allylic oxidation sites excluding steroid dienone is 3. The molecule has 0 spiro atoms. The van der Waals surface area contributed by atoms with Crippen molar-refractivity contribution in [1.29, 1.82) is 0 Å². The average Bonchev–Trinajstić information content (AvgIpc) is 1.48. The lowest BCUT2D eigenvalue weighted by Gasteiger charge is -2.27. The van der Waals surface area contributed by atoms with Crippen LogP contribution in [0.25, 0.3) is 105 Å². The molecule has 1 N–H and O–H groups in total. The third-order valence-corrected chi connectivity index (χ3v) is 24.2. The Morgan fingerprint density at radius 1 is 0.306 bits per heavy atom. The molecule has 7 nitrogen and oxygen atoms in total. The van der Waals surface area contributed by atoms with Gasteiger partial charge in [-0.05, 0) is 235 Å². The Morgan fingerprint density at radius 3 is 0.867 bits per heavy atom. The summed E-state index contributed by atoms with van der Waals surface area (Å²) in [5.74, 6) is 1.37. The largest absolute Gasteiger partial charge is 0.524 e. The van der Waals surface area contributed by atoms with Crippen molar-refractivity contribution in [3.05, 3.63) is 242 Å². The molecule has 98 heavy (non-hydrogen) atoms. The Labute approximate surface area is 581 Å². The Balaban J connectivity index is 1.20. The van der Waals surface area contributed by atoms with Crippen LogP contribution in [0.1, 0.15) is 162 Å².